The number of amides is 1. The number of rotatable bonds is 12. The van der Waals surface area contributed by atoms with Gasteiger partial charge in [0.05, 0.1) is 26.4 Å². The summed E-state index contributed by atoms with van der Waals surface area (Å²) >= 11 is 0. The third kappa shape index (κ3) is 8.84. The van der Waals surface area contributed by atoms with Gasteiger partial charge in [-0.1, -0.05) is 91.0 Å². The number of aliphatic hydroxyl groups is 1. The van der Waals surface area contributed by atoms with E-state index >= 15 is 0 Å². The highest BCUT2D eigenvalue weighted by Crippen LogP contribution is 2.34. The van der Waals surface area contributed by atoms with Crippen LogP contribution in [0.1, 0.15) is 37.5 Å². The summed E-state index contributed by atoms with van der Waals surface area (Å²) in [5, 5.41) is 14.7. The van der Waals surface area contributed by atoms with Gasteiger partial charge in [0.25, 0.3) is 0 Å². The van der Waals surface area contributed by atoms with E-state index in [2.05, 4.69) is 5.32 Å². The quantitative estimate of drug-likeness (QED) is 0.290. The minimum atomic E-state index is -2.18. The highest BCUT2D eigenvalue weighted by molar-refractivity contribution is 5.68. The average molecular weight is 580 g/mol. The second-order valence-electron chi connectivity index (χ2n) is 11.2. The molecule has 3 aromatic carbocycles. The van der Waals surface area contributed by atoms with Crippen LogP contribution in [0.15, 0.2) is 91.0 Å². The smallest absolute Gasteiger partial charge is 0.410 e. The summed E-state index contributed by atoms with van der Waals surface area (Å²) < 4.78 is 36.1. The number of carbonyl (C=O) groups excluding carboxylic acids is 1. The molecule has 0 unspecified atom stereocenters. The van der Waals surface area contributed by atoms with Crippen molar-refractivity contribution in [2.75, 3.05) is 13.7 Å². The van der Waals surface area contributed by atoms with Crippen molar-refractivity contribution in [3.8, 4) is 0 Å². The molecule has 1 amide bonds. The monoisotopic (exact) mass is 579 g/mol. The van der Waals surface area contributed by atoms with E-state index in [1.165, 1.54) is 7.11 Å². The van der Waals surface area contributed by atoms with Crippen molar-refractivity contribution >= 4 is 6.09 Å². The number of benzene rings is 3. The Kier molecular flexibility index (Phi) is 11.1. The molecule has 9 nitrogen and oxygen atoms in total. The highest BCUT2D eigenvalue weighted by Gasteiger charge is 2.59. The molecular weight excluding hydrogens is 538 g/mol. The molecular formula is C33H41NO8. The van der Waals surface area contributed by atoms with E-state index in [1.54, 1.807) is 20.8 Å². The fourth-order valence-corrected chi connectivity index (χ4v) is 4.70. The maximum Gasteiger partial charge on any atom is 0.410 e. The Bertz CT molecular complexity index is 1220. The molecule has 0 radical (unpaired) electrons. The van der Waals surface area contributed by atoms with E-state index in [0.717, 1.165) is 16.7 Å². The van der Waals surface area contributed by atoms with Crippen molar-refractivity contribution in [2.24, 2.45) is 0 Å². The lowest BCUT2D eigenvalue weighted by Crippen LogP contribution is -2.74. The Balaban J connectivity index is 1.64. The first-order valence-corrected chi connectivity index (χ1v) is 14.0. The number of ether oxygens (including phenoxy) is 6. The van der Waals surface area contributed by atoms with Gasteiger partial charge in [0, 0.05) is 7.11 Å². The molecule has 0 aliphatic carbocycles. The fourth-order valence-electron chi connectivity index (χ4n) is 4.70. The molecule has 0 bridgehead atoms. The van der Waals surface area contributed by atoms with Gasteiger partial charge in [0.2, 0.25) is 12.0 Å². The Hall–Kier alpha value is -3.31. The summed E-state index contributed by atoms with van der Waals surface area (Å²) in [4.78, 5) is 13.0. The molecule has 0 aromatic heterocycles. The van der Waals surface area contributed by atoms with Crippen LogP contribution in [0.4, 0.5) is 4.79 Å². The lowest BCUT2D eigenvalue weighted by atomic mass is 9.92. The van der Waals surface area contributed by atoms with Crippen LogP contribution < -0.4 is 5.32 Å². The average Bonchev–Trinajstić information content (AvgIpc) is 2.97. The van der Waals surface area contributed by atoms with E-state index in [4.69, 9.17) is 28.4 Å². The third-order valence-electron chi connectivity index (χ3n) is 6.62. The third-order valence-corrected chi connectivity index (χ3v) is 6.62. The molecule has 5 atom stereocenters. The summed E-state index contributed by atoms with van der Waals surface area (Å²) in [5.41, 5.74) is -0.200. The van der Waals surface area contributed by atoms with Gasteiger partial charge >= 0.3 is 6.09 Å². The topological polar surface area (TPSA) is 105 Å². The van der Waals surface area contributed by atoms with Gasteiger partial charge in [0.1, 0.15) is 23.9 Å². The Morgan fingerprint density at radius 3 is 1.83 bits per heavy atom. The van der Waals surface area contributed by atoms with E-state index < -0.39 is 42.0 Å². The first kappa shape index (κ1) is 31.6. The molecule has 3 aromatic rings. The van der Waals surface area contributed by atoms with Crippen LogP contribution >= 0.6 is 0 Å². The molecule has 1 heterocycles. The first-order valence-electron chi connectivity index (χ1n) is 14.0. The Morgan fingerprint density at radius 1 is 0.833 bits per heavy atom. The SMILES string of the molecule is CO[C@@H]1O[C@H](COCc2ccccc2)[C@@H](OCc2ccccc2)[C@H](OCc2ccccc2)[C@]1(O)NC(=O)OC(C)(C)C. The van der Waals surface area contributed by atoms with E-state index in [1.807, 2.05) is 91.0 Å². The maximum absolute atomic E-state index is 13.0. The largest absolute Gasteiger partial charge is 0.444 e. The van der Waals surface area contributed by atoms with Gasteiger partial charge < -0.3 is 33.5 Å². The predicted octanol–water partition coefficient (Wildman–Crippen LogP) is 4.96. The first-order chi connectivity index (χ1) is 20.2. The Morgan fingerprint density at radius 2 is 1.33 bits per heavy atom. The molecule has 2 N–H and O–H groups in total. The van der Waals surface area contributed by atoms with E-state index in [0.29, 0.717) is 6.61 Å². The van der Waals surface area contributed by atoms with Crippen molar-refractivity contribution in [3.63, 3.8) is 0 Å². The summed E-state index contributed by atoms with van der Waals surface area (Å²) in [7, 11) is 1.38. The number of hydrogen-bond acceptors (Lipinski definition) is 8. The van der Waals surface area contributed by atoms with E-state index in [-0.39, 0.29) is 19.8 Å². The molecule has 1 fully saturated rings. The van der Waals surface area contributed by atoms with Gasteiger partial charge in [-0.05, 0) is 37.5 Å². The zero-order chi connectivity index (χ0) is 30.0. The molecule has 226 valence electrons. The van der Waals surface area contributed by atoms with Crippen LogP contribution in [-0.2, 0) is 48.2 Å². The summed E-state index contributed by atoms with van der Waals surface area (Å²) in [6.45, 7) is 5.99. The van der Waals surface area contributed by atoms with Crippen molar-refractivity contribution in [1.29, 1.82) is 0 Å². The van der Waals surface area contributed by atoms with Gasteiger partial charge in [-0.2, -0.15) is 0 Å². The molecule has 42 heavy (non-hydrogen) atoms. The molecule has 1 saturated heterocycles. The standard InChI is InChI=1S/C33H41NO8/c1-32(2,3)42-31(35)34-33(36)29(40-22-26-18-12-7-13-19-26)28(39-21-25-16-10-6-11-17-25)27(41-30(33)37-4)23-38-20-24-14-8-5-9-15-24/h5-19,27-30,36H,20-23H2,1-4H3,(H,34,35)/t27-,28-,29+,30-,33-/m1/s1. The van der Waals surface area contributed by atoms with Crippen LogP contribution in [0.5, 0.6) is 0 Å². The second kappa shape index (κ2) is 14.7. The minimum absolute atomic E-state index is 0.113. The number of nitrogens with one attached hydrogen (secondary N) is 1. The van der Waals surface area contributed by atoms with E-state index in [9.17, 15) is 9.90 Å². The highest BCUT2D eigenvalue weighted by atomic mass is 16.7. The van der Waals surface area contributed by atoms with Crippen LogP contribution in [-0.4, -0.2) is 60.8 Å². The normalized spacial score (nSPS) is 24.2. The Labute approximate surface area is 247 Å². The fraction of sp³-hybridized carbons (Fsp3) is 0.424. The van der Waals surface area contributed by atoms with Crippen LogP contribution in [0, 0.1) is 0 Å². The van der Waals surface area contributed by atoms with Gasteiger partial charge in [-0.3, -0.25) is 5.32 Å². The van der Waals surface area contributed by atoms with Crippen molar-refractivity contribution in [3.05, 3.63) is 108 Å². The molecule has 0 spiro atoms. The zero-order valence-corrected chi connectivity index (χ0v) is 24.6. The van der Waals surface area contributed by atoms with Crippen LogP contribution in [0.2, 0.25) is 0 Å². The van der Waals surface area contributed by atoms with Crippen LogP contribution in [0.25, 0.3) is 0 Å². The minimum Gasteiger partial charge on any atom is -0.444 e. The lowest BCUT2D eigenvalue weighted by molar-refractivity contribution is -0.357. The zero-order valence-electron chi connectivity index (χ0n) is 24.6. The van der Waals surface area contributed by atoms with Crippen molar-refractivity contribution in [2.45, 2.75) is 76.5 Å². The number of hydrogen-bond donors (Lipinski definition) is 2. The van der Waals surface area contributed by atoms with Crippen molar-refractivity contribution < 1.29 is 38.3 Å². The maximum atomic E-state index is 13.0. The van der Waals surface area contributed by atoms with Gasteiger partial charge in [-0.15, -0.1) is 0 Å². The van der Waals surface area contributed by atoms with Gasteiger partial charge in [-0.25, -0.2) is 4.79 Å². The number of alkyl carbamates (subject to hydrolysis) is 1. The van der Waals surface area contributed by atoms with Crippen molar-refractivity contribution in [1.82, 2.24) is 5.32 Å². The summed E-state index contributed by atoms with van der Waals surface area (Å²) in [5.74, 6) is 0. The summed E-state index contributed by atoms with van der Waals surface area (Å²) in [6, 6.07) is 28.9. The second-order valence-corrected chi connectivity index (χ2v) is 11.2. The molecule has 1 aliphatic rings. The summed E-state index contributed by atoms with van der Waals surface area (Å²) in [6.07, 6.45) is -4.92. The molecule has 4 rings (SSSR count). The number of methoxy groups -OCH3 is 1. The van der Waals surface area contributed by atoms with Gasteiger partial charge in [0.15, 0.2) is 0 Å². The predicted molar refractivity (Wildman–Crippen MR) is 156 cm³/mol. The molecule has 9 heteroatoms. The van der Waals surface area contributed by atoms with Crippen LogP contribution in [0.3, 0.4) is 0 Å². The molecule has 0 saturated carbocycles. The molecule has 1 aliphatic heterocycles. The lowest BCUT2D eigenvalue weighted by Gasteiger charge is -2.50. The number of carbonyl (C=O) groups is 1.